The molecule has 1 aromatic heterocycles. The second-order valence-electron chi connectivity index (χ2n) is 5.12. The number of carboxylic acids is 1. The smallest absolute Gasteiger partial charge is 0.306 e. The van der Waals surface area contributed by atoms with Gasteiger partial charge in [0.05, 0.1) is 12.3 Å². The van der Waals surface area contributed by atoms with Gasteiger partial charge in [-0.2, -0.15) is 5.10 Å². The number of hydrogen-bond donors (Lipinski definition) is 3. The van der Waals surface area contributed by atoms with Gasteiger partial charge in [-0.3, -0.25) is 14.7 Å². The minimum Gasteiger partial charge on any atom is -0.481 e. The molecule has 2 rings (SSSR count). The number of rotatable bonds is 5. The Morgan fingerprint density at radius 2 is 2.11 bits per heavy atom. The first-order valence-corrected chi connectivity index (χ1v) is 6.63. The molecule has 19 heavy (non-hydrogen) atoms. The zero-order valence-electron chi connectivity index (χ0n) is 10.8. The number of carbonyl (C=O) groups excluding carboxylic acids is 1. The lowest BCUT2D eigenvalue weighted by atomic mass is 9.82. The van der Waals surface area contributed by atoms with Gasteiger partial charge in [0, 0.05) is 18.4 Å². The highest BCUT2D eigenvalue weighted by Crippen LogP contribution is 2.28. The lowest BCUT2D eigenvalue weighted by molar-refractivity contribution is -0.143. The second kappa shape index (κ2) is 6.36. The number of nitrogens with one attached hydrogen (secondary N) is 2. The standard InChI is InChI=1S/C13H19N3O3/c17-12(7-11-5-6-15-16-11)14-8-9-1-3-10(4-2-9)13(18)19/h5-6,9-10H,1-4,7-8H2,(H,14,17)(H,15,16)(H,18,19). The van der Waals surface area contributed by atoms with Crippen LogP contribution in [0.15, 0.2) is 12.3 Å². The van der Waals surface area contributed by atoms with Crippen molar-refractivity contribution in [2.45, 2.75) is 32.1 Å². The lowest BCUT2D eigenvalue weighted by Crippen LogP contribution is -2.33. The Morgan fingerprint density at radius 3 is 2.68 bits per heavy atom. The molecule has 0 spiro atoms. The summed E-state index contributed by atoms with van der Waals surface area (Å²) < 4.78 is 0. The Labute approximate surface area is 111 Å². The van der Waals surface area contributed by atoms with Gasteiger partial charge < -0.3 is 10.4 Å². The second-order valence-corrected chi connectivity index (χ2v) is 5.12. The molecule has 0 aromatic carbocycles. The molecule has 6 nitrogen and oxygen atoms in total. The summed E-state index contributed by atoms with van der Waals surface area (Å²) in [5.74, 6) is -0.510. The maximum atomic E-state index is 11.7. The van der Waals surface area contributed by atoms with E-state index >= 15 is 0 Å². The maximum absolute atomic E-state index is 11.7. The van der Waals surface area contributed by atoms with Crippen LogP contribution in [-0.2, 0) is 16.0 Å². The summed E-state index contributed by atoms with van der Waals surface area (Å²) in [7, 11) is 0. The van der Waals surface area contributed by atoms with Crippen LogP contribution >= 0.6 is 0 Å². The third-order valence-corrected chi connectivity index (χ3v) is 3.69. The first-order chi connectivity index (χ1) is 9.15. The third-order valence-electron chi connectivity index (χ3n) is 3.69. The molecule has 1 fully saturated rings. The van der Waals surface area contributed by atoms with E-state index in [4.69, 9.17) is 5.11 Å². The van der Waals surface area contributed by atoms with Gasteiger partial charge in [0.15, 0.2) is 0 Å². The van der Waals surface area contributed by atoms with Crippen molar-refractivity contribution >= 4 is 11.9 Å². The molecule has 1 aromatic rings. The molecule has 0 aliphatic heterocycles. The molecular formula is C13H19N3O3. The summed E-state index contributed by atoms with van der Waals surface area (Å²) in [5, 5.41) is 18.3. The lowest BCUT2D eigenvalue weighted by Gasteiger charge is -2.26. The zero-order chi connectivity index (χ0) is 13.7. The van der Waals surface area contributed by atoms with Crippen molar-refractivity contribution in [3.05, 3.63) is 18.0 Å². The minimum atomic E-state index is -0.693. The number of aliphatic carboxylic acids is 1. The van der Waals surface area contributed by atoms with Crippen LogP contribution < -0.4 is 5.32 Å². The fourth-order valence-corrected chi connectivity index (χ4v) is 2.49. The van der Waals surface area contributed by atoms with Crippen LogP contribution in [0.1, 0.15) is 31.4 Å². The minimum absolute atomic E-state index is 0.0235. The van der Waals surface area contributed by atoms with E-state index in [1.165, 1.54) is 0 Å². The van der Waals surface area contributed by atoms with Gasteiger partial charge in [0.1, 0.15) is 0 Å². The van der Waals surface area contributed by atoms with Crippen molar-refractivity contribution in [3.63, 3.8) is 0 Å². The highest BCUT2D eigenvalue weighted by Gasteiger charge is 2.25. The Bertz CT molecular complexity index is 422. The van der Waals surface area contributed by atoms with Crippen molar-refractivity contribution in [2.75, 3.05) is 6.54 Å². The molecule has 1 aliphatic rings. The number of carbonyl (C=O) groups is 2. The number of hydrogen-bond acceptors (Lipinski definition) is 3. The van der Waals surface area contributed by atoms with Crippen LogP contribution in [0.4, 0.5) is 0 Å². The van der Waals surface area contributed by atoms with Crippen LogP contribution in [-0.4, -0.2) is 33.7 Å². The topological polar surface area (TPSA) is 95.1 Å². The van der Waals surface area contributed by atoms with Gasteiger partial charge in [0.25, 0.3) is 0 Å². The molecule has 0 bridgehead atoms. The fourth-order valence-electron chi connectivity index (χ4n) is 2.49. The Morgan fingerprint density at radius 1 is 1.37 bits per heavy atom. The molecule has 1 heterocycles. The van der Waals surface area contributed by atoms with Gasteiger partial charge in [-0.1, -0.05) is 0 Å². The largest absolute Gasteiger partial charge is 0.481 e. The summed E-state index contributed by atoms with van der Waals surface area (Å²) in [5.41, 5.74) is 0.798. The van der Waals surface area contributed by atoms with Gasteiger partial charge in [0.2, 0.25) is 5.91 Å². The summed E-state index contributed by atoms with van der Waals surface area (Å²) in [4.78, 5) is 22.5. The zero-order valence-corrected chi connectivity index (χ0v) is 10.8. The molecule has 1 aliphatic carbocycles. The van der Waals surface area contributed by atoms with E-state index in [1.807, 2.05) is 0 Å². The van der Waals surface area contributed by atoms with Crippen molar-refractivity contribution in [3.8, 4) is 0 Å². The first-order valence-electron chi connectivity index (χ1n) is 6.63. The summed E-state index contributed by atoms with van der Waals surface area (Å²) >= 11 is 0. The average molecular weight is 265 g/mol. The number of aromatic nitrogens is 2. The van der Waals surface area contributed by atoms with Crippen molar-refractivity contribution < 1.29 is 14.7 Å². The molecule has 0 atom stereocenters. The summed E-state index contributed by atoms with van der Waals surface area (Å²) in [6, 6.07) is 1.78. The van der Waals surface area contributed by atoms with Crippen molar-refractivity contribution in [2.24, 2.45) is 11.8 Å². The van der Waals surface area contributed by atoms with Crippen LogP contribution in [0.5, 0.6) is 0 Å². The van der Waals surface area contributed by atoms with E-state index in [0.717, 1.165) is 31.4 Å². The predicted molar refractivity (Wildman–Crippen MR) is 68.4 cm³/mol. The van der Waals surface area contributed by atoms with Crippen LogP contribution in [0.3, 0.4) is 0 Å². The van der Waals surface area contributed by atoms with Crippen molar-refractivity contribution in [1.82, 2.24) is 15.5 Å². The van der Waals surface area contributed by atoms with Gasteiger partial charge in [-0.25, -0.2) is 0 Å². The molecule has 3 N–H and O–H groups in total. The first kappa shape index (κ1) is 13.6. The van der Waals surface area contributed by atoms with E-state index in [0.29, 0.717) is 18.9 Å². The average Bonchev–Trinajstić information content (AvgIpc) is 2.89. The molecule has 0 saturated heterocycles. The van der Waals surface area contributed by atoms with E-state index in [1.54, 1.807) is 12.3 Å². The summed E-state index contributed by atoms with van der Waals surface area (Å²) in [6.07, 6.45) is 5.12. The van der Waals surface area contributed by atoms with Crippen LogP contribution in [0, 0.1) is 11.8 Å². The number of amides is 1. The maximum Gasteiger partial charge on any atom is 0.306 e. The van der Waals surface area contributed by atoms with Gasteiger partial charge in [-0.15, -0.1) is 0 Å². The highest BCUT2D eigenvalue weighted by molar-refractivity contribution is 5.78. The van der Waals surface area contributed by atoms with E-state index in [2.05, 4.69) is 15.5 Å². The quantitative estimate of drug-likeness (QED) is 0.739. The van der Waals surface area contributed by atoms with Gasteiger partial charge in [-0.05, 0) is 37.7 Å². The molecule has 6 heteroatoms. The number of nitrogens with zero attached hydrogens (tertiary/aromatic N) is 1. The Hall–Kier alpha value is -1.85. The number of aromatic amines is 1. The predicted octanol–water partition coefficient (Wildman–Crippen LogP) is 0.959. The molecular weight excluding hydrogens is 246 g/mol. The van der Waals surface area contributed by atoms with E-state index in [-0.39, 0.29) is 11.8 Å². The third kappa shape index (κ3) is 4.08. The van der Waals surface area contributed by atoms with E-state index < -0.39 is 5.97 Å². The molecule has 1 saturated carbocycles. The molecule has 104 valence electrons. The Balaban J connectivity index is 1.66. The fraction of sp³-hybridized carbons (Fsp3) is 0.615. The van der Waals surface area contributed by atoms with E-state index in [9.17, 15) is 9.59 Å². The van der Waals surface area contributed by atoms with Crippen LogP contribution in [0.25, 0.3) is 0 Å². The van der Waals surface area contributed by atoms with Crippen molar-refractivity contribution in [1.29, 1.82) is 0 Å². The number of carboxylic acid groups (broad SMARTS) is 1. The number of H-pyrrole nitrogens is 1. The highest BCUT2D eigenvalue weighted by atomic mass is 16.4. The normalized spacial score (nSPS) is 22.9. The van der Waals surface area contributed by atoms with Crippen LogP contribution in [0.2, 0.25) is 0 Å². The monoisotopic (exact) mass is 265 g/mol. The molecule has 0 unspecified atom stereocenters. The molecule has 0 radical (unpaired) electrons. The van der Waals surface area contributed by atoms with Gasteiger partial charge >= 0.3 is 5.97 Å². The molecule has 1 amide bonds. The Kier molecular flexibility index (Phi) is 4.54. The SMILES string of the molecule is O=C(Cc1ccn[nH]1)NCC1CCC(C(=O)O)CC1. The summed E-state index contributed by atoms with van der Waals surface area (Å²) in [6.45, 7) is 0.638.